The third-order valence-corrected chi connectivity index (χ3v) is 2.02. The Bertz CT molecular complexity index is 470. The van der Waals surface area contributed by atoms with Gasteiger partial charge in [-0.25, -0.2) is 0 Å². The monoisotopic (exact) mass is 174 g/mol. The second kappa shape index (κ2) is 2.32. The van der Waals surface area contributed by atoms with Gasteiger partial charge >= 0.3 is 0 Å². The SMILES string of the molecule is c1cc2ccc3c(c2nn1)OCO3. The summed E-state index contributed by atoms with van der Waals surface area (Å²) >= 11 is 0. The van der Waals surface area contributed by atoms with Gasteiger partial charge in [-0.15, -0.1) is 5.10 Å². The zero-order valence-corrected chi connectivity index (χ0v) is 6.73. The fourth-order valence-electron chi connectivity index (χ4n) is 1.42. The highest BCUT2D eigenvalue weighted by Gasteiger charge is 2.17. The molecular weight excluding hydrogens is 168 g/mol. The van der Waals surface area contributed by atoms with Crippen LogP contribution in [0.1, 0.15) is 0 Å². The van der Waals surface area contributed by atoms with E-state index in [1.807, 2.05) is 18.2 Å². The summed E-state index contributed by atoms with van der Waals surface area (Å²) < 4.78 is 10.5. The van der Waals surface area contributed by atoms with Crippen molar-refractivity contribution in [2.45, 2.75) is 0 Å². The predicted octanol–water partition coefficient (Wildman–Crippen LogP) is 1.36. The zero-order valence-electron chi connectivity index (χ0n) is 6.73. The Hall–Kier alpha value is -1.84. The molecule has 0 bridgehead atoms. The molecule has 1 aromatic carbocycles. The van der Waals surface area contributed by atoms with Gasteiger partial charge in [-0.05, 0) is 18.2 Å². The van der Waals surface area contributed by atoms with E-state index in [0.29, 0.717) is 5.75 Å². The number of aromatic nitrogens is 2. The summed E-state index contributed by atoms with van der Waals surface area (Å²) in [6.07, 6.45) is 1.66. The second-order valence-corrected chi connectivity index (χ2v) is 2.77. The van der Waals surface area contributed by atoms with Crippen molar-refractivity contribution in [1.29, 1.82) is 0 Å². The minimum absolute atomic E-state index is 0.269. The van der Waals surface area contributed by atoms with Gasteiger partial charge in [0.25, 0.3) is 0 Å². The van der Waals surface area contributed by atoms with Crippen LogP contribution in [0, 0.1) is 0 Å². The third-order valence-electron chi connectivity index (χ3n) is 2.02. The predicted molar refractivity (Wildman–Crippen MR) is 45.7 cm³/mol. The maximum atomic E-state index is 5.29. The first-order valence-electron chi connectivity index (χ1n) is 3.95. The lowest BCUT2D eigenvalue weighted by atomic mass is 10.2. The lowest BCUT2D eigenvalue weighted by Crippen LogP contribution is -1.93. The number of benzene rings is 1. The van der Waals surface area contributed by atoms with Crippen molar-refractivity contribution in [2.75, 3.05) is 6.79 Å². The fraction of sp³-hybridized carbons (Fsp3) is 0.111. The molecule has 0 unspecified atom stereocenters. The highest BCUT2D eigenvalue weighted by Crippen LogP contribution is 2.37. The topological polar surface area (TPSA) is 44.2 Å². The number of hydrogen-bond acceptors (Lipinski definition) is 4. The van der Waals surface area contributed by atoms with Crippen LogP contribution in [0.4, 0.5) is 0 Å². The van der Waals surface area contributed by atoms with E-state index in [1.165, 1.54) is 0 Å². The number of ether oxygens (including phenoxy) is 2. The molecule has 2 heterocycles. The maximum Gasteiger partial charge on any atom is 0.231 e. The van der Waals surface area contributed by atoms with Crippen LogP contribution in [0.3, 0.4) is 0 Å². The summed E-state index contributed by atoms with van der Waals surface area (Å²) in [7, 11) is 0. The van der Waals surface area contributed by atoms with Gasteiger partial charge in [0.15, 0.2) is 11.5 Å². The highest BCUT2D eigenvalue weighted by atomic mass is 16.7. The van der Waals surface area contributed by atoms with E-state index < -0.39 is 0 Å². The Labute approximate surface area is 74.1 Å². The molecule has 0 radical (unpaired) electrons. The Kier molecular flexibility index (Phi) is 1.19. The molecular formula is C9H6N2O2. The Balaban J connectivity index is 2.43. The standard InChI is InChI=1S/C9H6N2O2/c1-2-7-9(13-5-12-7)8-6(1)3-4-10-11-8/h1-4H,5H2. The molecule has 13 heavy (non-hydrogen) atoms. The molecule has 64 valence electrons. The molecule has 0 aliphatic carbocycles. The van der Waals surface area contributed by atoms with Crippen molar-refractivity contribution in [2.24, 2.45) is 0 Å². The van der Waals surface area contributed by atoms with Crippen LogP contribution in [-0.4, -0.2) is 17.0 Å². The summed E-state index contributed by atoms with van der Waals surface area (Å²) in [6.45, 7) is 0.269. The number of hydrogen-bond donors (Lipinski definition) is 0. The van der Waals surface area contributed by atoms with Gasteiger partial charge in [0.05, 0.1) is 6.20 Å². The van der Waals surface area contributed by atoms with E-state index in [2.05, 4.69) is 10.2 Å². The first kappa shape index (κ1) is 6.65. The van der Waals surface area contributed by atoms with Crippen LogP contribution in [0.15, 0.2) is 24.4 Å². The number of rotatable bonds is 0. The van der Waals surface area contributed by atoms with Crippen molar-refractivity contribution in [3.8, 4) is 11.5 Å². The van der Waals surface area contributed by atoms with Crippen molar-refractivity contribution >= 4 is 10.9 Å². The van der Waals surface area contributed by atoms with Crippen LogP contribution in [0.5, 0.6) is 11.5 Å². The highest BCUT2D eigenvalue weighted by molar-refractivity contribution is 5.86. The van der Waals surface area contributed by atoms with E-state index in [9.17, 15) is 0 Å². The Morgan fingerprint density at radius 1 is 1.15 bits per heavy atom. The number of fused-ring (bicyclic) bond motifs is 3. The van der Waals surface area contributed by atoms with Crippen molar-refractivity contribution in [1.82, 2.24) is 10.2 Å². The molecule has 2 aromatic rings. The molecule has 1 aromatic heterocycles. The largest absolute Gasteiger partial charge is 0.454 e. The summed E-state index contributed by atoms with van der Waals surface area (Å²) in [5.74, 6) is 1.44. The smallest absolute Gasteiger partial charge is 0.231 e. The molecule has 4 nitrogen and oxygen atoms in total. The molecule has 0 fully saturated rings. The van der Waals surface area contributed by atoms with E-state index in [1.54, 1.807) is 6.20 Å². The van der Waals surface area contributed by atoms with Crippen LogP contribution in [0.25, 0.3) is 10.9 Å². The van der Waals surface area contributed by atoms with Gasteiger partial charge in [0.2, 0.25) is 6.79 Å². The Morgan fingerprint density at radius 2 is 2.15 bits per heavy atom. The van der Waals surface area contributed by atoms with Crippen LogP contribution >= 0.6 is 0 Å². The lowest BCUT2D eigenvalue weighted by molar-refractivity contribution is 0.174. The summed E-state index contributed by atoms with van der Waals surface area (Å²) in [6, 6.07) is 5.72. The van der Waals surface area contributed by atoms with E-state index in [-0.39, 0.29) is 6.79 Å². The van der Waals surface area contributed by atoms with Gasteiger partial charge in [-0.2, -0.15) is 5.10 Å². The summed E-state index contributed by atoms with van der Waals surface area (Å²) in [4.78, 5) is 0. The molecule has 4 heteroatoms. The Morgan fingerprint density at radius 3 is 3.15 bits per heavy atom. The van der Waals surface area contributed by atoms with Crippen molar-refractivity contribution < 1.29 is 9.47 Å². The first-order chi connectivity index (χ1) is 6.45. The average molecular weight is 174 g/mol. The van der Waals surface area contributed by atoms with Crippen LogP contribution < -0.4 is 9.47 Å². The minimum Gasteiger partial charge on any atom is -0.454 e. The molecule has 0 spiro atoms. The third kappa shape index (κ3) is 0.853. The normalized spacial score (nSPS) is 13.5. The average Bonchev–Trinajstić information content (AvgIpc) is 2.65. The van der Waals surface area contributed by atoms with Gasteiger partial charge < -0.3 is 9.47 Å². The van der Waals surface area contributed by atoms with Gasteiger partial charge in [0, 0.05) is 5.39 Å². The van der Waals surface area contributed by atoms with Gasteiger partial charge in [-0.3, -0.25) is 0 Å². The first-order valence-corrected chi connectivity index (χ1v) is 3.95. The minimum atomic E-state index is 0.269. The molecule has 0 saturated carbocycles. The number of nitrogens with zero attached hydrogens (tertiary/aromatic N) is 2. The molecule has 0 N–H and O–H groups in total. The molecule has 0 amide bonds. The second-order valence-electron chi connectivity index (χ2n) is 2.77. The summed E-state index contributed by atoms with van der Waals surface area (Å²) in [5.41, 5.74) is 0.762. The van der Waals surface area contributed by atoms with Crippen molar-refractivity contribution in [3.05, 3.63) is 24.4 Å². The fourth-order valence-corrected chi connectivity index (χ4v) is 1.42. The maximum absolute atomic E-state index is 5.29. The van der Waals surface area contributed by atoms with E-state index >= 15 is 0 Å². The van der Waals surface area contributed by atoms with Crippen LogP contribution in [-0.2, 0) is 0 Å². The van der Waals surface area contributed by atoms with Crippen molar-refractivity contribution in [3.63, 3.8) is 0 Å². The molecule has 0 atom stereocenters. The lowest BCUT2D eigenvalue weighted by Gasteiger charge is -1.98. The summed E-state index contributed by atoms with van der Waals surface area (Å²) in [5, 5.41) is 8.82. The van der Waals surface area contributed by atoms with Gasteiger partial charge in [-0.1, -0.05) is 0 Å². The molecule has 3 rings (SSSR count). The quantitative estimate of drug-likeness (QED) is 0.604. The molecule has 1 aliphatic rings. The van der Waals surface area contributed by atoms with E-state index in [4.69, 9.17) is 9.47 Å². The van der Waals surface area contributed by atoms with E-state index in [0.717, 1.165) is 16.7 Å². The molecule has 0 saturated heterocycles. The zero-order chi connectivity index (χ0) is 8.67. The molecule has 1 aliphatic heterocycles. The van der Waals surface area contributed by atoms with Gasteiger partial charge in [0.1, 0.15) is 5.52 Å². The van der Waals surface area contributed by atoms with Crippen LogP contribution in [0.2, 0.25) is 0 Å².